The Labute approximate surface area is 93.2 Å². The molecule has 1 nitrogen and oxygen atoms in total. The second-order valence-electron chi connectivity index (χ2n) is 4.68. The van der Waals surface area contributed by atoms with E-state index in [9.17, 15) is 0 Å². The standard InChI is InChI=1S/C14H21N/c1-13-6-5-7-14(9-8-13)12-15-10-3-2-4-11-15/h5-6,8-9H,2-4,7,10-12H2,1H3. The molecular formula is C14H21N. The lowest BCUT2D eigenvalue weighted by Crippen LogP contribution is -2.31. The fourth-order valence-electron chi connectivity index (χ4n) is 2.29. The SMILES string of the molecule is CC1=CC=C(CN2CCCCC2)CC=C1. The van der Waals surface area contributed by atoms with E-state index in [0.717, 1.165) is 6.42 Å². The van der Waals surface area contributed by atoms with Gasteiger partial charge in [-0.3, -0.25) is 4.90 Å². The van der Waals surface area contributed by atoms with Crippen molar-refractivity contribution in [2.45, 2.75) is 32.6 Å². The maximum atomic E-state index is 2.59. The van der Waals surface area contributed by atoms with Crippen LogP contribution in [0.25, 0.3) is 0 Å². The molecule has 0 aromatic heterocycles. The molecule has 15 heavy (non-hydrogen) atoms. The molecule has 0 spiro atoms. The minimum Gasteiger partial charge on any atom is -0.299 e. The molecule has 0 saturated carbocycles. The summed E-state index contributed by atoms with van der Waals surface area (Å²) in [6.07, 6.45) is 14.4. The van der Waals surface area contributed by atoms with Gasteiger partial charge in [0.05, 0.1) is 0 Å². The van der Waals surface area contributed by atoms with Crippen molar-refractivity contribution in [1.82, 2.24) is 4.90 Å². The molecule has 0 amide bonds. The topological polar surface area (TPSA) is 3.24 Å². The van der Waals surface area contributed by atoms with E-state index in [1.807, 2.05) is 0 Å². The van der Waals surface area contributed by atoms with Crippen LogP contribution in [0.5, 0.6) is 0 Å². The van der Waals surface area contributed by atoms with Crippen molar-refractivity contribution in [1.29, 1.82) is 0 Å². The molecule has 0 N–H and O–H groups in total. The second-order valence-corrected chi connectivity index (χ2v) is 4.68. The number of piperidine rings is 1. The van der Waals surface area contributed by atoms with Crippen LogP contribution in [0.3, 0.4) is 0 Å². The van der Waals surface area contributed by atoms with Gasteiger partial charge >= 0.3 is 0 Å². The van der Waals surface area contributed by atoms with Crippen molar-refractivity contribution in [2.24, 2.45) is 0 Å². The molecule has 1 saturated heterocycles. The monoisotopic (exact) mass is 203 g/mol. The highest BCUT2D eigenvalue weighted by Crippen LogP contribution is 2.15. The van der Waals surface area contributed by atoms with Crippen molar-refractivity contribution in [3.8, 4) is 0 Å². The van der Waals surface area contributed by atoms with Gasteiger partial charge in [0, 0.05) is 6.54 Å². The highest BCUT2D eigenvalue weighted by atomic mass is 15.1. The summed E-state index contributed by atoms with van der Waals surface area (Å²) in [6, 6.07) is 0. The Morgan fingerprint density at radius 1 is 1.13 bits per heavy atom. The second kappa shape index (κ2) is 5.32. The zero-order valence-electron chi connectivity index (χ0n) is 9.71. The van der Waals surface area contributed by atoms with Crippen molar-refractivity contribution in [3.63, 3.8) is 0 Å². The van der Waals surface area contributed by atoms with E-state index in [-0.39, 0.29) is 0 Å². The number of hydrogen-bond acceptors (Lipinski definition) is 1. The number of allylic oxidation sites excluding steroid dienone is 5. The van der Waals surface area contributed by atoms with Gasteiger partial charge in [-0.05, 0) is 39.3 Å². The van der Waals surface area contributed by atoms with Gasteiger partial charge in [-0.25, -0.2) is 0 Å². The van der Waals surface area contributed by atoms with Gasteiger partial charge in [-0.2, -0.15) is 0 Å². The van der Waals surface area contributed by atoms with Crippen LogP contribution in [0.2, 0.25) is 0 Å². The largest absolute Gasteiger partial charge is 0.299 e. The van der Waals surface area contributed by atoms with E-state index in [2.05, 4.69) is 36.1 Å². The van der Waals surface area contributed by atoms with Crippen LogP contribution in [-0.2, 0) is 0 Å². The molecule has 0 unspecified atom stereocenters. The first-order chi connectivity index (χ1) is 7.34. The third-order valence-electron chi connectivity index (χ3n) is 3.22. The molecule has 0 bridgehead atoms. The molecule has 1 aliphatic heterocycles. The number of likely N-dealkylation sites (tertiary alicyclic amines) is 1. The van der Waals surface area contributed by atoms with Crippen molar-refractivity contribution in [3.05, 3.63) is 35.5 Å². The third-order valence-corrected chi connectivity index (χ3v) is 3.22. The van der Waals surface area contributed by atoms with E-state index in [1.54, 1.807) is 5.57 Å². The zero-order chi connectivity index (χ0) is 10.5. The lowest BCUT2D eigenvalue weighted by atomic mass is 10.1. The predicted molar refractivity (Wildman–Crippen MR) is 65.9 cm³/mol. The summed E-state index contributed by atoms with van der Waals surface area (Å²) >= 11 is 0. The van der Waals surface area contributed by atoms with E-state index in [4.69, 9.17) is 0 Å². The molecule has 0 aromatic carbocycles. The Hall–Kier alpha value is -0.820. The Balaban J connectivity index is 1.91. The molecule has 1 fully saturated rings. The van der Waals surface area contributed by atoms with Crippen LogP contribution in [0.1, 0.15) is 32.6 Å². The minimum atomic E-state index is 1.13. The van der Waals surface area contributed by atoms with Gasteiger partial charge in [-0.15, -0.1) is 0 Å². The van der Waals surface area contributed by atoms with Crippen molar-refractivity contribution >= 4 is 0 Å². The summed E-state index contributed by atoms with van der Waals surface area (Å²) in [5.74, 6) is 0. The summed E-state index contributed by atoms with van der Waals surface area (Å²) in [6.45, 7) is 5.93. The average Bonchev–Trinajstić information content (AvgIpc) is 2.46. The van der Waals surface area contributed by atoms with E-state index >= 15 is 0 Å². The predicted octanol–water partition coefficient (Wildman–Crippen LogP) is 3.30. The molecule has 1 heterocycles. The summed E-state index contributed by atoms with van der Waals surface area (Å²) in [7, 11) is 0. The van der Waals surface area contributed by atoms with Gasteiger partial charge in [0.25, 0.3) is 0 Å². The molecule has 1 heteroatoms. The van der Waals surface area contributed by atoms with Crippen LogP contribution in [0, 0.1) is 0 Å². The highest BCUT2D eigenvalue weighted by Gasteiger charge is 2.11. The highest BCUT2D eigenvalue weighted by molar-refractivity contribution is 5.30. The van der Waals surface area contributed by atoms with Gasteiger partial charge in [0.2, 0.25) is 0 Å². The Kier molecular flexibility index (Phi) is 3.79. The smallest absolute Gasteiger partial charge is 0.0199 e. The van der Waals surface area contributed by atoms with E-state index < -0.39 is 0 Å². The Morgan fingerprint density at radius 2 is 1.93 bits per heavy atom. The lowest BCUT2D eigenvalue weighted by molar-refractivity contribution is 0.245. The maximum absolute atomic E-state index is 2.59. The van der Waals surface area contributed by atoms with Gasteiger partial charge < -0.3 is 0 Å². The summed E-state index contributed by atoms with van der Waals surface area (Å²) < 4.78 is 0. The lowest BCUT2D eigenvalue weighted by Gasteiger charge is -2.27. The van der Waals surface area contributed by atoms with Gasteiger partial charge in [-0.1, -0.05) is 41.9 Å². The molecule has 82 valence electrons. The van der Waals surface area contributed by atoms with Crippen molar-refractivity contribution in [2.75, 3.05) is 19.6 Å². The fraction of sp³-hybridized carbons (Fsp3) is 0.571. The quantitative estimate of drug-likeness (QED) is 0.665. The maximum Gasteiger partial charge on any atom is 0.0199 e. The van der Waals surface area contributed by atoms with Crippen LogP contribution >= 0.6 is 0 Å². The zero-order valence-corrected chi connectivity index (χ0v) is 9.71. The Morgan fingerprint density at radius 3 is 2.73 bits per heavy atom. The van der Waals surface area contributed by atoms with Crippen LogP contribution < -0.4 is 0 Å². The third kappa shape index (κ3) is 3.35. The summed E-state index contributed by atoms with van der Waals surface area (Å²) in [5.41, 5.74) is 2.92. The van der Waals surface area contributed by atoms with Gasteiger partial charge in [0.15, 0.2) is 0 Å². The van der Waals surface area contributed by atoms with Gasteiger partial charge in [0.1, 0.15) is 0 Å². The Bertz CT molecular complexity index is 290. The fourth-order valence-corrected chi connectivity index (χ4v) is 2.29. The molecule has 0 radical (unpaired) electrons. The first-order valence-electron chi connectivity index (χ1n) is 6.10. The minimum absolute atomic E-state index is 1.13. The number of rotatable bonds is 2. The van der Waals surface area contributed by atoms with E-state index in [0.29, 0.717) is 0 Å². The van der Waals surface area contributed by atoms with Crippen LogP contribution in [-0.4, -0.2) is 24.5 Å². The van der Waals surface area contributed by atoms with Crippen LogP contribution in [0.15, 0.2) is 35.5 Å². The molecule has 1 aliphatic carbocycles. The molecule has 0 atom stereocenters. The first kappa shape index (κ1) is 10.7. The van der Waals surface area contributed by atoms with Crippen LogP contribution in [0.4, 0.5) is 0 Å². The summed E-state index contributed by atoms with van der Waals surface area (Å²) in [4.78, 5) is 2.59. The van der Waals surface area contributed by atoms with Crippen molar-refractivity contribution < 1.29 is 0 Å². The van der Waals surface area contributed by atoms with E-state index in [1.165, 1.54) is 44.5 Å². The molecule has 2 aliphatic rings. The summed E-state index contributed by atoms with van der Waals surface area (Å²) in [5, 5.41) is 0. The molecular weight excluding hydrogens is 182 g/mol. The molecule has 2 rings (SSSR count). The normalized spacial score (nSPS) is 23.3. The average molecular weight is 203 g/mol. The molecule has 0 aromatic rings. The first-order valence-corrected chi connectivity index (χ1v) is 6.10. The number of hydrogen-bond donors (Lipinski definition) is 0. The number of nitrogens with zero attached hydrogens (tertiary/aromatic N) is 1.